The van der Waals surface area contributed by atoms with Crippen molar-refractivity contribution in [2.75, 3.05) is 0 Å². The molecular formula is C48H32N2. The van der Waals surface area contributed by atoms with E-state index in [1.54, 1.807) is 0 Å². The Labute approximate surface area is 290 Å². The van der Waals surface area contributed by atoms with Crippen molar-refractivity contribution in [2.24, 2.45) is 0 Å². The minimum absolute atomic E-state index is 1.14. The topological polar surface area (TPSA) is 9.86 Å². The summed E-state index contributed by atoms with van der Waals surface area (Å²) in [4.78, 5) is 0. The SMILES string of the molecule is c1ccc(-c2cccc(-c3ccc(-n4c5cc6c(cc5c5c(-c7ccccc7)cccc54)c4ccccc4n6-c4ccccc4)cc3)c2)cc1. The Morgan fingerprint density at radius 3 is 1.52 bits per heavy atom. The normalized spacial score (nSPS) is 11.6. The molecule has 2 aromatic heterocycles. The molecule has 8 aromatic carbocycles. The van der Waals surface area contributed by atoms with E-state index in [0.717, 1.165) is 11.4 Å². The molecule has 10 rings (SSSR count). The highest BCUT2D eigenvalue weighted by Gasteiger charge is 2.20. The first-order valence-electron chi connectivity index (χ1n) is 17.2. The number of para-hydroxylation sites is 2. The Balaban J connectivity index is 1.24. The van der Waals surface area contributed by atoms with Gasteiger partial charge < -0.3 is 9.13 Å². The molecule has 50 heavy (non-hydrogen) atoms. The van der Waals surface area contributed by atoms with E-state index in [2.05, 4.69) is 203 Å². The Morgan fingerprint density at radius 2 is 0.780 bits per heavy atom. The molecule has 0 radical (unpaired) electrons. The third-order valence-electron chi connectivity index (χ3n) is 10.1. The van der Waals surface area contributed by atoms with E-state index < -0.39 is 0 Å². The van der Waals surface area contributed by atoms with Crippen molar-refractivity contribution >= 4 is 43.6 Å². The number of nitrogens with zero attached hydrogens (tertiary/aromatic N) is 2. The van der Waals surface area contributed by atoms with Crippen LogP contribution in [0.2, 0.25) is 0 Å². The minimum atomic E-state index is 1.14. The van der Waals surface area contributed by atoms with Crippen LogP contribution in [-0.4, -0.2) is 9.13 Å². The molecule has 0 fully saturated rings. The van der Waals surface area contributed by atoms with Gasteiger partial charge in [0.15, 0.2) is 0 Å². The Bertz CT molecular complexity index is 2820. The van der Waals surface area contributed by atoms with Gasteiger partial charge in [-0.05, 0) is 88.0 Å². The highest BCUT2D eigenvalue weighted by Crippen LogP contribution is 2.43. The summed E-state index contributed by atoms with van der Waals surface area (Å²) >= 11 is 0. The van der Waals surface area contributed by atoms with Crippen LogP contribution in [0.4, 0.5) is 0 Å². The van der Waals surface area contributed by atoms with Crippen LogP contribution in [0.15, 0.2) is 194 Å². The average molecular weight is 637 g/mol. The van der Waals surface area contributed by atoms with E-state index in [4.69, 9.17) is 0 Å². The van der Waals surface area contributed by atoms with Gasteiger partial charge in [-0.3, -0.25) is 0 Å². The molecule has 0 aliphatic rings. The fraction of sp³-hybridized carbons (Fsp3) is 0. The first-order chi connectivity index (χ1) is 24.8. The molecule has 2 heterocycles. The van der Waals surface area contributed by atoms with E-state index in [1.807, 2.05) is 0 Å². The first kappa shape index (κ1) is 28.4. The predicted molar refractivity (Wildman–Crippen MR) is 211 cm³/mol. The summed E-state index contributed by atoms with van der Waals surface area (Å²) in [6, 6.07) is 70.4. The van der Waals surface area contributed by atoms with Gasteiger partial charge in [0.05, 0.1) is 22.1 Å². The first-order valence-corrected chi connectivity index (χ1v) is 17.2. The number of benzene rings is 8. The van der Waals surface area contributed by atoms with Crippen molar-refractivity contribution in [3.63, 3.8) is 0 Å². The second-order valence-electron chi connectivity index (χ2n) is 13.0. The number of rotatable bonds is 5. The summed E-state index contributed by atoms with van der Waals surface area (Å²) in [5.74, 6) is 0. The molecule has 0 aliphatic carbocycles. The van der Waals surface area contributed by atoms with Crippen LogP contribution in [0.1, 0.15) is 0 Å². The van der Waals surface area contributed by atoms with Gasteiger partial charge in [-0.1, -0.05) is 140 Å². The summed E-state index contributed by atoms with van der Waals surface area (Å²) in [5, 5.41) is 5.04. The molecule has 0 saturated carbocycles. The van der Waals surface area contributed by atoms with E-state index in [0.29, 0.717) is 0 Å². The second kappa shape index (κ2) is 11.5. The van der Waals surface area contributed by atoms with Crippen LogP contribution in [0.5, 0.6) is 0 Å². The molecular weight excluding hydrogens is 605 g/mol. The predicted octanol–water partition coefficient (Wildman–Crippen LogP) is 12.9. The number of fused-ring (bicyclic) bond motifs is 6. The Morgan fingerprint density at radius 1 is 0.260 bits per heavy atom. The van der Waals surface area contributed by atoms with E-state index in [1.165, 1.54) is 77.0 Å². The lowest BCUT2D eigenvalue weighted by Crippen LogP contribution is -1.96. The molecule has 10 aromatic rings. The fourth-order valence-corrected chi connectivity index (χ4v) is 7.83. The van der Waals surface area contributed by atoms with Gasteiger partial charge in [0.1, 0.15) is 0 Å². The number of hydrogen-bond acceptors (Lipinski definition) is 0. The summed E-state index contributed by atoms with van der Waals surface area (Å²) < 4.78 is 4.86. The maximum atomic E-state index is 2.45. The summed E-state index contributed by atoms with van der Waals surface area (Å²) in [6.45, 7) is 0. The zero-order valence-corrected chi connectivity index (χ0v) is 27.4. The average Bonchev–Trinajstić information content (AvgIpc) is 3.70. The maximum Gasteiger partial charge on any atom is 0.0562 e. The van der Waals surface area contributed by atoms with Crippen LogP contribution in [0, 0.1) is 0 Å². The van der Waals surface area contributed by atoms with Gasteiger partial charge in [0.25, 0.3) is 0 Å². The molecule has 2 nitrogen and oxygen atoms in total. The number of hydrogen-bond donors (Lipinski definition) is 0. The van der Waals surface area contributed by atoms with Crippen LogP contribution in [-0.2, 0) is 0 Å². The van der Waals surface area contributed by atoms with E-state index in [9.17, 15) is 0 Å². The van der Waals surface area contributed by atoms with Crippen LogP contribution >= 0.6 is 0 Å². The third-order valence-corrected chi connectivity index (χ3v) is 10.1. The second-order valence-corrected chi connectivity index (χ2v) is 13.0. The smallest absolute Gasteiger partial charge is 0.0562 e. The van der Waals surface area contributed by atoms with Gasteiger partial charge in [0.2, 0.25) is 0 Å². The zero-order chi connectivity index (χ0) is 33.0. The highest BCUT2D eigenvalue weighted by atomic mass is 15.0. The van der Waals surface area contributed by atoms with Gasteiger partial charge >= 0.3 is 0 Å². The standard InChI is InChI=1S/C48H32N2/c1-4-14-33(15-5-1)36-18-12-19-37(30-36)34-26-28-39(29-27-34)50-45-25-13-23-40(35-16-6-2-7-17-35)48(45)43-31-42-41-22-10-11-24-44(41)49(46(42)32-47(43)50)38-20-8-3-9-21-38/h1-32H. The van der Waals surface area contributed by atoms with Crippen LogP contribution in [0.3, 0.4) is 0 Å². The molecule has 0 N–H and O–H groups in total. The van der Waals surface area contributed by atoms with Crippen molar-refractivity contribution in [1.82, 2.24) is 9.13 Å². The molecule has 2 heteroatoms. The third kappa shape index (κ3) is 4.50. The molecule has 0 aliphatic heterocycles. The summed E-state index contributed by atoms with van der Waals surface area (Å²) in [6.07, 6.45) is 0. The molecule has 0 atom stereocenters. The van der Waals surface area contributed by atoms with E-state index in [-0.39, 0.29) is 0 Å². The lowest BCUT2D eigenvalue weighted by molar-refractivity contribution is 1.16. The van der Waals surface area contributed by atoms with Gasteiger partial charge in [-0.15, -0.1) is 0 Å². The summed E-state index contributed by atoms with van der Waals surface area (Å²) in [7, 11) is 0. The maximum absolute atomic E-state index is 2.45. The molecule has 0 unspecified atom stereocenters. The van der Waals surface area contributed by atoms with Crippen molar-refractivity contribution in [3.8, 4) is 44.8 Å². The zero-order valence-electron chi connectivity index (χ0n) is 27.4. The molecule has 0 bridgehead atoms. The highest BCUT2D eigenvalue weighted by molar-refractivity contribution is 6.22. The van der Waals surface area contributed by atoms with Crippen molar-refractivity contribution < 1.29 is 0 Å². The van der Waals surface area contributed by atoms with Crippen molar-refractivity contribution in [2.45, 2.75) is 0 Å². The van der Waals surface area contributed by atoms with Gasteiger partial charge in [0, 0.05) is 32.9 Å². The Hall–Kier alpha value is -6.64. The quantitative estimate of drug-likeness (QED) is 0.178. The lowest BCUT2D eigenvalue weighted by Gasteiger charge is -2.12. The molecule has 0 saturated heterocycles. The van der Waals surface area contributed by atoms with Gasteiger partial charge in [-0.2, -0.15) is 0 Å². The van der Waals surface area contributed by atoms with Crippen LogP contribution in [0.25, 0.3) is 88.4 Å². The number of aromatic nitrogens is 2. The minimum Gasteiger partial charge on any atom is -0.309 e. The molecule has 0 amide bonds. The van der Waals surface area contributed by atoms with Crippen molar-refractivity contribution in [1.29, 1.82) is 0 Å². The monoisotopic (exact) mass is 636 g/mol. The molecule has 234 valence electrons. The Kier molecular flexibility index (Phi) is 6.53. The summed E-state index contributed by atoms with van der Waals surface area (Å²) in [5.41, 5.74) is 14.4. The largest absolute Gasteiger partial charge is 0.309 e. The van der Waals surface area contributed by atoms with Gasteiger partial charge in [-0.25, -0.2) is 0 Å². The van der Waals surface area contributed by atoms with Crippen molar-refractivity contribution in [3.05, 3.63) is 194 Å². The lowest BCUT2D eigenvalue weighted by atomic mass is 9.99. The fourth-order valence-electron chi connectivity index (χ4n) is 7.83. The van der Waals surface area contributed by atoms with E-state index >= 15 is 0 Å². The van der Waals surface area contributed by atoms with Crippen LogP contribution < -0.4 is 0 Å². The molecule has 0 spiro atoms.